The van der Waals surface area contributed by atoms with Crippen molar-refractivity contribution in [2.24, 2.45) is 11.8 Å². The summed E-state index contributed by atoms with van der Waals surface area (Å²) >= 11 is 0. The normalized spacial score (nSPS) is 17.7. The third kappa shape index (κ3) is 4.39. The molecule has 6 nitrogen and oxygen atoms in total. The summed E-state index contributed by atoms with van der Waals surface area (Å²) in [6, 6.07) is 15.0. The molecule has 1 fully saturated rings. The van der Waals surface area contributed by atoms with Gasteiger partial charge in [-0.05, 0) is 24.1 Å². The number of carbonyl (C=O) groups excluding carboxylic acids is 2. The number of benzene rings is 2. The zero-order valence-electron chi connectivity index (χ0n) is 15.8. The second-order valence-corrected chi connectivity index (χ2v) is 6.68. The van der Waals surface area contributed by atoms with Crippen molar-refractivity contribution in [3.05, 3.63) is 54.1 Å². The van der Waals surface area contributed by atoms with Gasteiger partial charge in [0.25, 0.3) is 0 Å². The molecule has 0 saturated heterocycles. The zero-order valence-corrected chi connectivity index (χ0v) is 15.8. The van der Waals surface area contributed by atoms with Crippen LogP contribution in [0.2, 0.25) is 0 Å². The van der Waals surface area contributed by atoms with Crippen molar-refractivity contribution in [1.82, 2.24) is 4.90 Å². The van der Waals surface area contributed by atoms with Gasteiger partial charge in [-0.25, -0.2) is 0 Å². The number of ether oxygens (including phenoxy) is 2. The average Bonchev–Trinajstić information content (AvgIpc) is 3.49. The molecule has 27 heavy (non-hydrogen) atoms. The Labute approximate surface area is 159 Å². The lowest BCUT2D eigenvalue weighted by Gasteiger charge is -2.17. The van der Waals surface area contributed by atoms with Gasteiger partial charge in [-0.1, -0.05) is 30.3 Å². The number of hydrogen-bond acceptors (Lipinski definition) is 4. The quantitative estimate of drug-likeness (QED) is 0.816. The lowest BCUT2D eigenvalue weighted by molar-refractivity contribution is -0.133. The van der Waals surface area contributed by atoms with Crippen LogP contribution in [0.3, 0.4) is 0 Å². The van der Waals surface area contributed by atoms with Crippen LogP contribution in [0.1, 0.15) is 12.0 Å². The highest BCUT2D eigenvalue weighted by Crippen LogP contribution is 2.41. The van der Waals surface area contributed by atoms with E-state index >= 15 is 0 Å². The number of anilines is 1. The van der Waals surface area contributed by atoms with Crippen molar-refractivity contribution in [3.63, 3.8) is 0 Å². The molecule has 1 aliphatic carbocycles. The highest BCUT2D eigenvalue weighted by atomic mass is 16.5. The molecule has 6 heteroatoms. The van der Waals surface area contributed by atoms with Crippen LogP contribution in [-0.2, 0) is 16.1 Å². The number of rotatable bonds is 7. The monoisotopic (exact) mass is 368 g/mol. The standard InChI is InChI=1S/C21H24N2O4/c1-23(13-14-7-5-4-6-8-14)21(25)17-12-16(17)20(24)22-18-10-9-15(26-2)11-19(18)27-3/h4-11,16-17H,12-13H2,1-3H3,(H,22,24). The first kappa shape index (κ1) is 18.8. The Balaban J connectivity index is 1.58. The second kappa shape index (κ2) is 8.12. The fourth-order valence-corrected chi connectivity index (χ4v) is 3.10. The van der Waals surface area contributed by atoms with Gasteiger partial charge in [0, 0.05) is 19.7 Å². The highest BCUT2D eigenvalue weighted by Gasteiger charge is 2.49. The number of amides is 2. The maximum Gasteiger partial charge on any atom is 0.228 e. The van der Waals surface area contributed by atoms with E-state index in [9.17, 15) is 9.59 Å². The van der Waals surface area contributed by atoms with Crippen LogP contribution in [0.15, 0.2) is 48.5 Å². The van der Waals surface area contributed by atoms with E-state index in [4.69, 9.17) is 9.47 Å². The Morgan fingerprint density at radius 1 is 1.07 bits per heavy atom. The maximum atomic E-state index is 12.6. The van der Waals surface area contributed by atoms with E-state index in [1.165, 1.54) is 7.11 Å². The minimum Gasteiger partial charge on any atom is -0.497 e. The third-order valence-electron chi connectivity index (χ3n) is 4.75. The van der Waals surface area contributed by atoms with E-state index in [-0.39, 0.29) is 23.7 Å². The predicted octanol–water partition coefficient (Wildman–Crippen LogP) is 2.94. The van der Waals surface area contributed by atoms with Gasteiger partial charge in [-0.2, -0.15) is 0 Å². The number of nitrogens with zero attached hydrogens (tertiary/aromatic N) is 1. The topological polar surface area (TPSA) is 67.9 Å². The number of nitrogens with one attached hydrogen (secondary N) is 1. The van der Waals surface area contributed by atoms with Gasteiger partial charge in [-0.15, -0.1) is 0 Å². The van der Waals surface area contributed by atoms with Crippen LogP contribution in [0.4, 0.5) is 5.69 Å². The Bertz CT molecular complexity index is 822. The Morgan fingerprint density at radius 2 is 1.81 bits per heavy atom. The molecule has 0 radical (unpaired) electrons. The van der Waals surface area contributed by atoms with Gasteiger partial charge in [0.15, 0.2) is 0 Å². The molecule has 2 amide bonds. The van der Waals surface area contributed by atoms with Gasteiger partial charge < -0.3 is 19.7 Å². The Morgan fingerprint density at radius 3 is 2.48 bits per heavy atom. The summed E-state index contributed by atoms with van der Waals surface area (Å²) < 4.78 is 10.5. The van der Waals surface area contributed by atoms with Crippen LogP contribution in [0.25, 0.3) is 0 Å². The smallest absolute Gasteiger partial charge is 0.228 e. The molecule has 2 aromatic carbocycles. The van der Waals surface area contributed by atoms with E-state index in [2.05, 4.69) is 5.32 Å². The van der Waals surface area contributed by atoms with Gasteiger partial charge >= 0.3 is 0 Å². The summed E-state index contributed by atoms with van der Waals surface area (Å²) in [6.07, 6.45) is 0.572. The zero-order chi connectivity index (χ0) is 19.4. The molecule has 0 aromatic heterocycles. The summed E-state index contributed by atoms with van der Waals surface area (Å²) in [5.41, 5.74) is 1.64. The largest absolute Gasteiger partial charge is 0.497 e. The predicted molar refractivity (Wildman–Crippen MR) is 103 cm³/mol. The SMILES string of the molecule is COc1ccc(NC(=O)C2CC2C(=O)N(C)Cc2ccccc2)c(OC)c1. The van der Waals surface area contributed by atoms with Crippen LogP contribution >= 0.6 is 0 Å². The van der Waals surface area contributed by atoms with Crippen molar-refractivity contribution >= 4 is 17.5 Å². The van der Waals surface area contributed by atoms with E-state index in [0.717, 1.165) is 5.56 Å². The summed E-state index contributed by atoms with van der Waals surface area (Å²) in [6.45, 7) is 0.539. The molecule has 0 heterocycles. The van der Waals surface area contributed by atoms with Gasteiger partial charge in [0.05, 0.1) is 31.7 Å². The molecule has 2 aromatic rings. The van der Waals surface area contributed by atoms with E-state index in [1.807, 2.05) is 30.3 Å². The lowest BCUT2D eigenvalue weighted by Crippen LogP contribution is -2.29. The number of hydrogen-bond donors (Lipinski definition) is 1. The highest BCUT2D eigenvalue weighted by molar-refractivity contribution is 6.00. The fourth-order valence-electron chi connectivity index (χ4n) is 3.10. The molecule has 0 aliphatic heterocycles. The summed E-state index contributed by atoms with van der Waals surface area (Å²) in [5, 5.41) is 2.86. The minimum absolute atomic E-state index is 0.000647. The minimum atomic E-state index is -0.303. The summed E-state index contributed by atoms with van der Waals surface area (Å²) in [4.78, 5) is 26.8. The van der Waals surface area contributed by atoms with Crippen molar-refractivity contribution < 1.29 is 19.1 Å². The second-order valence-electron chi connectivity index (χ2n) is 6.68. The van der Waals surface area contributed by atoms with E-state index in [0.29, 0.717) is 30.2 Å². The first-order chi connectivity index (χ1) is 13.0. The van der Waals surface area contributed by atoms with Crippen LogP contribution < -0.4 is 14.8 Å². The summed E-state index contributed by atoms with van der Waals surface area (Å²) in [5.74, 6) is 0.440. The van der Waals surface area contributed by atoms with Crippen molar-refractivity contribution in [2.45, 2.75) is 13.0 Å². The maximum absolute atomic E-state index is 12.6. The van der Waals surface area contributed by atoms with Gasteiger partial charge in [0.1, 0.15) is 11.5 Å². The molecule has 2 unspecified atom stereocenters. The van der Waals surface area contributed by atoms with E-state index in [1.54, 1.807) is 37.3 Å². The molecule has 3 rings (SSSR count). The molecule has 1 aliphatic rings. The molecule has 0 spiro atoms. The molecule has 2 atom stereocenters. The van der Waals surface area contributed by atoms with Crippen LogP contribution in [0.5, 0.6) is 11.5 Å². The Kier molecular flexibility index (Phi) is 5.64. The fraction of sp³-hybridized carbons (Fsp3) is 0.333. The average molecular weight is 368 g/mol. The summed E-state index contributed by atoms with van der Waals surface area (Å²) in [7, 11) is 4.88. The molecule has 142 valence electrons. The molecular weight excluding hydrogens is 344 g/mol. The van der Waals surface area contributed by atoms with Crippen molar-refractivity contribution in [1.29, 1.82) is 0 Å². The van der Waals surface area contributed by atoms with Crippen LogP contribution in [0, 0.1) is 11.8 Å². The van der Waals surface area contributed by atoms with Crippen LogP contribution in [-0.4, -0.2) is 38.0 Å². The van der Waals surface area contributed by atoms with Crippen molar-refractivity contribution in [2.75, 3.05) is 26.6 Å². The van der Waals surface area contributed by atoms with E-state index < -0.39 is 0 Å². The van der Waals surface area contributed by atoms with Gasteiger partial charge in [-0.3, -0.25) is 9.59 Å². The Hall–Kier alpha value is -3.02. The molecular formula is C21H24N2O4. The lowest BCUT2D eigenvalue weighted by atomic mass is 10.2. The number of carbonyl (C=O) groups is 2. The first-order valence-electron chi connectivity index (χ1n) is 8.85. The molecule has 0 bridgehead atoms. The third-order valence-corrected chi connectivity index (χ3v) is 4.75. The first-order valence-corrected chi connectivity index (χ1v) is 8.85. The molecule has 1 saturated carbocycles. The van der Waals surface area contributed by atoms with Crippen molar-refractivity contribution in [3.8, 4) is 11.5 Å². The number of methoxy groups -OCH3 is 2. The van der Waals surface area contributed by atoms with Gasteiger partial charge in [0.2, 0.25) is 11.8 Å². The molecule has 1 N–H and O–H groups in total.